The van der Waals surface area contributed by atoms with Crippen LogP contribution >= 0.6 is 0 Å². The predicted octanol–water partition coefficient (Wildman–Crippen LogP) is 3.34. The third-order valence-corrected chi connectivity index (χ3v) is 4.12. The summed E-state index contributed by atoms with van der Waals surface area (Å²) in [5, 5.41) is 0. The van der Waals surface area contributed by atoms with Crippen LogP contribution in [0.5, 0.6) is 5.75 Å². The van der Waals surface area contributed by atoms with Gasteiger partial charge in [0.15, 0.2) is 0 Å². The zero-order valence-electron chi connectivity index (χ0n) is 14.5. The SMILES string of the molecule is COc1ccc(C(N)C2CCCN(C(=O)OC(C)(C)C)C2)cc1. The van der Waals surface area contributed by atoms with Crippen molar-refractivity contribution in [2.45, 2.75) is 45.3 Å². The van der Waals surface area contributed by atoms with Crippen molar-refractivity contribution in [2.75, 3.05) is 20.2 Å². The number of likely N-dealkylation sites (tertiary alicyclic amines) is 1. The standard InChI is InChI=1S/C18H28N2O3/c1-18(2,3)23-17(21)20-11-5-6-14(12-20)16(19)13-7-9-15(22-4)10-8-13/h7-10,14,16H,5-6,11-12,19H2,1-4H3. The summed E-state index contributed by atoms with van der Waals surface area (Å²) in [5.41, 5.74) is 7.03. The van der Waals surface area contributed by atoms with Gasteiger partial charge in [-0.1, -0.05) is 12.1 Å². The summed E-state index contributed by atoms with van der Waals surface area (Å²) in [7, 11) is 1.65. The molecule has 1 aliphatic rings. The van der Waals surface area contributed by atoms with E-state index in [9.17, 15) is 4.79 Å². The molecule has 0 radical (unpaired) electrons. The Bertz CT molecular complexity index is 522. The Kier molecular flexibility index (Phi) is 5.52. The van der Waals surface area contributed by atoms with Gasteiger partial charge in [-0.05, 0) is 57.2 Å². The number of carbonyl (C=O) groups excluding carboxylic acids is 1. The number of carbonyl (C=O) groups is 1. The van der Waals surface area contributed by atoms with Crippen molar-refractivity contribution in [1.29, 1.82) is 0 Å². The van der Waals surface area contributed by atoms with Gasteiger partial charge in [0, 0.05) is 19.1 Å². The topological polar surface area (TPSA) is 64.8 Å². The Morgan fingerprint density at radius 3 is 2.52 bits per heavy atom. The minimum Gasteiger partial charge on any atom is -0.497 e. The van der Waals surface area contributed by atoms with Gasteiger partial charge in [-0.3, -0.25) is 0 Å². The molecular weight excluding hydrogens is 292 g/mol. The van der Waals surface area contributed by atoms with Crippen LogP contribution in [-0.4, -0.2) is 36.8 Å². The van der Waals surface area contributed by atoms with Crippen LogP contribution in [0.2, 0.25) is 0 Å². The largest absolute Gasteiger partial charge is 0.497 e. The number of hydrogen-bond donors (Lipinski definition) is 1. The van der Waals surface area contributed by atoms with Gasteiger partial charge in [0.25, 0.3) is 0 Å². The van der Waals surface area contributed by atoms with Crippen molar-refractivity contribution in [3.63, 3.8) is 0 Å². The van der Waals surface area contributed by atoms with E-state index in [4.69, 9.17) is 15.2 Å². The lowest BCUT2D eigenvalue weighted by atomic mass is 9.87. The lowest BCUT2D eigenvalue weighted by Crippen LogP contribution is -2.45. The maximum Gasteiger partial charge on any atom is 0.410 e. The molecule has 0 aromatic heterocycles. The van der Waals surface area contributed by atoms with Crippen molar-refractivity contribution in [1.82, 2.24) is 4.90 Å². The minimum absolute atomic E-state index is 0.0915. The molecule has 1 aliphatic heterocycles. The van der Waals surface area contributed by atoms with Gasteiger partial charge in [-0.15, -0.1) is 0 Å². The van der Waals surface area contributed by atoms with Crippen LogP contribution in [0, 0.1) is 5.92 Å². The molecule has 0 bridgehead atoms. The van der Waals surface area contributed by atoms with E-state index in [0.29, 0.717) is 6.54 Å². The highest BCUT2D eigenvalue weighted by Gasteiger charge is 2.30. The first-order valence-corrected chi connectivity index (χ1v) is 8.17. The molecule has 1 amide bonds. The lowest BCUT2D eigenvalue weighted by Gasteiger charge is -2.36. The van der Waals surface area contributed by atoms with Crippen LogP contribution in [0.3, 0.4) is 0 Å². The Morgan fingerprint density at radius 2 is 1.96 bits per heavy atom. The van der Waals surface area contributed by atoms with Crippen molar-refractivity contribution in [3.8, 4) is 5.75 Å². The van der Waals surface area contributed by atoms with Crippen LogP contribution in [0.4, 0.5) is 4.79 Å². The second kappa shape index (κ2) is 7.21. The Labute approximate surface area is 138 Å². The number of amides is 1. The van der Waals surface area contributed by atoms with E-state index in [-0.39, 0.29) is 18.1 Å². The second-order valence-electron chi connectivity index (χ2n) is 7.13. The summed E-state index contributed by atoms with van der Waals surface area (Å²) in [6, 6.07) is 7.74. The highest BCUT2D eigenvalue weighted by molar-refractivity contribution is 5.68. The van der Waals surface area contributed by atoms with E-state index in [1.807, 2.05) is 45.0 Å². The van der Waals surface area contributed by atoms with Crippen LogP contribution in [0.15, 0.2) is 24.3 Å². The van der Waals surface area contributed by atoms with E-state index in [1.165, 1.54) is 0 Å². The van der Waals surface area contributed by atoms with Gasteiger partial charge in [0.05, 0.1) is 7.11 Å². The van der Waals surface area contributed by atoms with Crippen LogP contribution in [0.25, 0.3) is 0 Å². The van der Waals surface area contributed by atoms with Crippen molar-refractivity contribution in [3.05, 3.63) is 29.8 Å². The fourth-order valence-electron chi connectivity index (χ4n) is 2.89. The summed E-state index contributed by atoms with van der Waals surface area (Å²) >= 11 is 0. The maximum absolute atomic E-state index is 12.2. The van der Waals surface area contributed by atoms with Crippen LogP contribution < -0.4 is 10.5 Å². The average Bonchev–Trinajstić information content (AvgIpc) is 2.53. The number of methoxy groups -OCH3 is 1. The van der Waals surface area contributed by atoms with E-state index in [1.54, 1.807) is 12.0 Å². The number of nitrogens with two attached hydrogens (primary N) is 1. The number of rotatable bonds is 3. The number of nitrogens with zero attached hydrogens (tertiary/aromatic N) is 1. The molecule has 2 atom stereocenters. The monoisotopic (exact) mass is 320 g/mol. The van der Waals surface area contributed by atoms with Gasteiger partial charge in [-0.25, -0.2) is 4.79 Å². The molecule has 1 fully saturated rings. The number of benzene rings is 1. The fraction of sp³-hybridized carbons (Fsp3) is 0.611. The molecule has 0 aliphatic carbocycles. The molecule has 128 valence electrons. The van der Waals surface area contributed by atoms with Gasteiger partial charge < -0.3 is 20.1 Å². The maximum atomic E-state index is 12.2. The molecule has 2 N–H and O–H groups in total. The van der Waals surface area contributed by atoms with E-state index >= 15 is 0 Å². The van der Waals surface area contributed by atoms with E-state index < -0.39 is 5.60 Å². The highest BCUT2D eigenvalue weighted by atomic mass is 16.6. The highest BCUT2D eigenvalue weighted by Crippen LogP contribution is 2.29. The molecule has 1 aromatic carbocycles. The number of hydrogen-bond acceptors (Lipinski definition) is 4. The van der Waals surface area contributed by atoms with Crippen molar-refractivity contribution < 1.29 is 14.3 Å². The number of ether oxygens (including phenoxy) is 2. The molecule has 1 saturated heterocycles. The first-order chi connectivity index (χ1) is 10.8. The molecule has 0 spiro atoms. The molecule has 2 unspecified atom stereocenters. The lowest BCUT2D eigenvalue weighted by molar-refractivity contribution is 0.0152. The molecule has 0 saturated carbocycles. The first-order valence-electron chi connectivity index (χ1n) is 8.17. The zero-order chi connectivity index (χ0) is 17.0. The third kappa shape index (κ3) is 4.86. The summed E-state index contributed by atoms with van der Waals surface area (Å²) < 4.78 is 10.6. The van der Waals surface area contributed by atoms with Gasteiger partial charge in [0.1, 0.15) is 11.4 Å². The molecule has 2 rings (SSSR count). The van der Waals surface area contributed by atoms with Crippen molar-refractivity contribution >= 4 is 6.09 Å². The van der Waals surface area contributed by atoms with E-state index in [2.05, 4.69) is 0 Å². The number of piperidine rings is 1. The van der Waals surface area contributed by atoms with Gasteiger partial charge in [0.2, 0.25) is 0 Å². The summed E-state index contributed by atoms with van der Waals surface area (Å²) in [4.78, 5) is 14.0. The molecule has 23 heavy (non-hydrogen) atoms. The molecule has 1 aromatic rings. The molecule has 1 heterocycles. The minimum atomic E-state index is -0.470. The summed E-state index contributed by atoms with van der Waals surface area (Å²) in [6.07, 6.45) is 1.73. The predicted molar refractivity (Wildman–Crippen MR) is 90.5 cm³/mol. The van der Waals surface area contributed by atoms with E-state index in [0.717, 1.165) is 30.7 Å². The Balaban J connectivity index is 2.00. The Hall–Kier alpha value is -1.75. The normalized spacial score (nSPS) is 20.0. The zero-order valence-corrected chi connectivity index (χ0v) is 14.5. The molecule has 5 heteroatoms. The van der Waals surface area contributed by atoms with Crippen molar-refractivity contribution in [2.24, 2.45) is 11.7 Å². The van der Waals surface area contributed by atoms with Gasteiger partial charge >= 0.3 is 6.09 Å². The quantitative estimate of drug-likeness (QED) is 0.927. The fourth-order valence-corrected chi connectivity index (χ4v) is 2.89. The Morgan fingerprint density at radius 1 is 1.30 bits per heavy atom. The molecule has 5 nitrogen and oxygen atoms in total. The average molecular weight is 320 g/mol. The second-order valence-corrected chi connectivity index (χ2v) is 7.13. The van der Waals surface area contributed by atoms with Crippen LogP contribution in [0.1, 0.15) is 45.2 Å². The first kappa shape index (κ1) is 17.6. The van der Waals surface area contributed by atoms with Gasteiger partial charge in [-0.2, -0.15) is 0 Å². The molecular formula is C18H28N2O3. The third-order valence-electron chi connectivity index (χ3n) is 4.12. The summed E-state index contributed by atoms with van der Waals surface area (Å²) in [6.45, 7) is 7.03. The summed E-state index contributed by atoms with van der Waals surface area (Å²) in [5.74, 6) is 1.06. The van der Waals surface area contributed by atoms with Crippen LogP contribution in [-0.2, 0) is 4.74 Å². The smallest absolute Gasteiger partial charge is 0.410 e.